The standard InChI is InChI=1S/C8H11N3O3/c1-3-14-7(12)6-4-9-8(11-13)10-5(6)2/h4,13H,3H2,1-2H3,(H,9,10,11). The molecular weight excluding hydrogens is 186 g/mol. The molecule has 0 unspecified atom stereocenters. The first-order valence-corrected chi connectivity index (χ1v) is 4.10. The summed E-state index contributed by atoms with van der Waals surface area (Å²) >= 11 is 0. The van der Waals surface area contributed by atoms with Crippen LogP contribution in [0, 0.1) is 6.92 Å². The van der Waals surface area contributed by atoms with Crippen LogP contribution in [-0.4, -0.2) is 27.8 Å². The fraction of sp³-hybridized carbons (Fsp3) is 0.375. The van der Waals surface area contributed by atoms with Gasteiger partial charge in [-0.15, -0.1) is 0 Å². The number of hydrogen-bond acceptors (Lipinski definition) is 6. The van der Waals surface area contributed by atoms with Gasteiger partial charge in [-0.25, -0.2) is 20.2 Å². The van der Waals surface area contributed by atoms with Crippen LogP contribution in [-0.2, 0) is 4.74 Å². The minimum atomic E-state index is -0.463. The van der Waals surface area contributed by atoms with Crippen LogP contribution >= 0.6 is 0 Å². The third-order valence-electron chi connectivity index (χ3n) is 1.57. The summed E-state index contributed by atoms with van der Waals surface area (Å²) in [5.41, 5.74) is 2.54. The fourth-order valence-corrected chi connectivity index (χ4v) is 0.930. The zero-order chi connectivity index (χ0) is 10.6. The summed E-state index contributed by atoms with van der Waals surface area (Å²) in [4.78, 5) is 18.8. The highest BCUT2D eigenvalue weighted by Gasteiger charge is 2.11. The Morgan fingerprint density at radius 1 is 1.71 bits per heavy atom. The summed E-state index contributed by atoms with van der Waals surface area (Å²) in [7, 11) is 0. The lowest BCUT2D eigenvalue weighted by Crippen LogP contribution is -2.10. The topological polar surface area (TPSA) is 84.3 Å². The van der Waals surface area contributed by atoms with Crippen LogP contribution in [0.2, 0.25) is 0 Å². The lowest BCUT2D eigenvalue weighted by Gasteiger charge is -2.04. The number of ether oxygens (including phenoxy) is 1. The Kier molecular flexibility index (Phi) is 3.35. The van der Waals surface area contributed by atoms with Gasteiger partial charge in [0.05, 0.1) is 17.9 Å². The molecule has 1 aromatic heterocycles. The first-order valence-electron chi connectivity index (χ1n) is 4.10. The van der Waals surface area contributed by atoms with Crippen LogP contribution < -0.4 is 5.48 Å². The maximum Gasteiger partial charge on any atom is 0.341 e. The van der Waals surface area contributed by atoms with Gasteiger partial charge in [0.25, 0.3) is 0 Å². The molecule has 0 bridgehead atoms. The molecule has 0 spiro atoms. The summed E-state index contributed by atoms with van der Waals surface area (Å²) < 4.78 is 4.78. The molecule has 76 valence electrons. The van der Waals surface area contributed by atoms with Crippen molar-refractivity contribution in [2.24, 2.45) is 0 Å². The lowest BCUT2D eigenvalue weighted by atomic mass is 10.2. The van der Waals surface area contributed by atoms with E-state index < -0.39 is 5.97 Å². The van der Waals surface area contributed by atoms with Crippen molar-refractivity contribution in [1.82, 2.24) is 9.97 Å². The third kappa shape index (κ3) is 2.17. The molecule has 1 rings (SSSR count). The van der Waals surface area contributed by atoms with Crippen molar-refractivity contribution in [2.45, 2.75) is 13.8 Å². The van der Waals surface area contributed by atoms with E-state index in [0.717, 1.165) is 0 Å². The summed E-state index contributed by atoms with van der Waals surface area (Å²) in [6, 6.07) is 0. The van der Waals surface area contributed by atoms with E-state index in [9.17, 15) is 4.79 Å². The molecule has 1 aromatic rings. The van der Waals surface area contributed by atoms with Gasteiger partial charge in [-0.1, -0.05) is 0 Å². The number of carbonyl (C=O) groups is 1. The number of aromatic nitrogens is 2. The number of rotatable bonds is 3. The quantitative estimate of drug-likeness (QED) is 0.549. The Bertz CT molecular complexity index is 341. The van der Waals surface area contributed by atoms with Crippen LogP contribution in [0.3, 0.4) is 0 Å². The van der Waals surface area contributed by atoms with E-state index >= 15 is 0 Å². The second-order valence-electron chi connectivity index (χ2n) is 2.52. The second kappa shape index (κ2) is 4.52. The maximum absolute atomic E-state index is 11.3. The van der Waals surface area contributed by atoms with E-state index in [1.54, 1.807) is 19.3 Å². The molecule has 0 aliphatic heterocycles. The Morgan fingerprint density at radius 3 is 2.93 bits per heavy atom. The molecule has 0 atom stereocenters. The van der Waals surface area contributed by atoms with Gasteiger partial charge in [-0.3, -0.25) is 5.21 Å². The zero-order valence-corrected chi connectivity index (χ0v) is 7.94. The maximum atomic E-state index is 11.3. The van der Waals surface area contributed by atoms with Gasteiger partial charge in [0.2, 0.25) is 5.95 Å². The highest BCUT2D eigenvalue weighted by molar-refractivity contribution is 5.90. The number of nitrogens with one attached hydrogen (secondary N) is 1. The van der Waals surface area contributed by atoms with Crippen molar-refractivity contribution in [3.8, 4) is 0 Å². The number of aryl methyl sites for hydroxylation is 1. The normalized spacial score (nSPS) is 9.64. The van der Waals surface area contributed by atoms with Crippen LogP contribution in [0.15, 0.2) is 6.20 Å². The smallest absolute Gasteiger partial charge is 0.341 e. The number of anilines is 1. The van der Waals surface area contributed by atoms with Gasteiger partial charge < -0.3 is 4.74 Å². The van der Waals surface area contributed by atoms with Gasteiger partial charge in [-0.05, 0) is 13.8 Å². The Balaban J connectivity index is 2.94. The third-order valence-corrected chi connectivity index (χ3v) is 1.57. The molecule has 2 N–H and O–H groups in total. The van der Waals surface area contributed by atoms with Crippen molar-refractivity contribution >= 4 is 11.9 Å². The Labute approximate surface area is 80.9 Å². The molecule has 6 heteroatoms. The summed E-state index contributed by atoms with van der Waals surface area (Å²) in [6.45, 7) is 3.66. The van der Waals surface area contributed by atoms with E-state index in [1.807, 2.05) is 0 Å². The van der Waals surface area contributed by atoms with E-state index in [4.69, 9.17) is 9.94 Å². The average Bonchev–Trinajstić information content (AvgIpc) is 2.17. The monoisotopic (exact) mass is 197 g/mol. The Hall–Kier alpha value is -1.69. The molecule has 0 aliphatic rings. The fourth-order valence-electron chi connectivity index (χ4n) is 0.930. The van der Waals surface area contributed by atoms with Gasteiger partial charge in [0.15, 0.2) is 0 Å². The molecule has 0 aromatic carbocycles. The molecule has 0 aliphatic carbocycles. The van der Waals surface area contributed by atoms with Crippen molar-refractivity contribution in [3.05, 3.63) is 17.5 Å². The summed E-state index contributed by atoms with van der Waals surface area (Å²) in [6.07, 6.45) is 1.30. The minimum absolute atomic E-state index is 0.0514. The van der Waals surface area contributed by atoms with E-state index in [0.29, 0.717) is 17.9 Å². The van der Waals surface area contributed by atoms with Crippen LogP contribution in [0.5, 0.6) is 0 Å². The molecule has 6 nitrogen and oxygen atoms in total. The Morgan fingerprint density at radius 2 is 2.43 bits per heavy atom. The SMILES string of the molecule is CCOC(=O)c1cnc(NO)nc1C. The van der Waals surface area contributed by atoms with E-state index in [2.05, 4.69) is 9.97 Å². The average molecular weight is 197 g/mol. The van der Waals surface area contributed by atoms with Crippen molar-refractivity contribution in [3.63, 3.8) is 0 Å². The van der Waals surface area contributed by atoms with Gasteiger partial charge in [0, 0.05) is 6.20 Å². The highest BCUT2D eigenvalue weighted by Crippen LogP contribution is 2.07. The van der Waals surface area contributed by atoms with Crippen LogP contribution in [0.1, 0.15) is 23.0 Å². The molecular formula is C8H11N3O3. The molecule has 0 radical (unpaired) electrons. The van der Waals surface area contributed by atoms with Crippen molar-refractivity contribution in [2.75, 3.05) is 12.1 Å². The predicted octanol–water partition coefficient (Wildman–Crippen LogP) is 0.763. The van der Waals surface area contributed by atoms with E-state index in [1.165, 1.54) is 6.20 Å². The second-order valence-corrected chi connectivity index (χ2v) is 2.52. The molecule has 14 heavy (non-hydrogen) atoms. The highest BCUT2D eigenvalue weighted by atomic mass is 16.5. The predicted molar refractivity (Wildman–Crippen MR) is 48.1 cm³/mol. The van der Waals surface area contributed by atoms with Crippen LogP contribution in [0.25, 0.3) is 0 Å². The van der Waals surface area contributed by atoms with Gasteiger partial charge in [0.1, 0.15) is 0 Å². The van der Waals surface area contributed by atoms with Crippen molar-refractivity contribution in [1.29, 1.82) is 0 Å². The number of nitrogens with zero attached hydrogens (tertiary/aromatic N) is 2. The lowest BCUT2D eigenvalue weighted by molar-refractivity contribution is 0.0524. The van der Waals surface area contributed by atoms with Gasteiger partial charge >= 0.3 is 5.97 Å². The zero-order valence-electron chi connectivity index (χ0n) is 7.94. The summed E-state index contributed by atoms with van der Waals surface area (Å²) in [5.74, 6) is -0.412. The summed E-state index contributed by atoms with van der Waals surface area (Å²) in [5, 5.41) is 8.50. The molecule has 0 saturated heterocycles. The van der Waals surface area contributed by atoms with Crippen LogP contribution in [0.4, 0.5) is 5.95 Å². The number of carbonyl (C=O) groups excluding carboxylic acids is 1. The first-order chi connectivity index (χ1) is 6.69. The number of hydrogen-bond donors (Lipinski definition) is 2. The molecule has 1 heterocycles. The first kappa shape index (κ1) is 10.4. The molecule has 0 amide bonds. The van der Waals surface area contributed by atoms with Crippen molar-refractivity contribution < 1.29 is 14.7 Å². The van der Waals surface area contributed by atoms with E-state index in [-0.39, 0.29) is 5.95 Å². The number of esters is 1. The largest absolute Gasteiger partial charge is 0.462 e. The molecule has 0 fully saturated rings. The van der Waals surface area contributed by atoms with Gasteiger partial charge in [-0.2, -0.15) is 0 Å². The minimum Gasteiger partial charge on any atom is -0.462 e. The molecule has 0 saturated carbocycles.